The van der Waals surface area contributed by atoms with Gasteiger partial charge >= 0.3 is 0 Å². The van der Waals surface area contributed by atoms with E-state index in [1.807, 2.05) is 13.0 Å². The van der Waals surface area contributed by atoms with Crippen molar-refractivity contribution in [3.8, 4) is 5.75 Å². The molecule has 0 aromatic heterocycles. The van der Waals surface area contributed by atoms with Crippen LogP contribution in [0.4, 0.5) is 4.39 Å². The molecule has 3 heteroatoms. The minimum atomic E-state index is -0.397. The van der Waals surface area contributed by atoms with Crippen LogP contribution in [-0.2, 0) is 0 Å². The molecule has 1 aliphatic rings. The van der Waals surface area contributed by atoms with Gasteiger partial charge in [-0.15, -0.1) is 0 Å². The molecule has 0 spiro atoms. The zero-order valence-electron chi connectivity index (χ0n) is 11.7. The Morgan fingerprint density at radius 3 is 2.58 bits per heavy atom. The smallest absolute Gasteiger partial charge is 0.183 e. The van der Waals surface area contributed by atoms with Gasteiger partial charge in [0.05, 0.1) is 11.6 Å². The lowest BCUT2D eigenvalue weighted by Crippen LogP contribution is -2.12. The molecule has 0 amide bonds. The van der Waals surface area contributed by atoms with Gasteiger partial charge in [-0.25, -0.2) is 4.39 Å². The first-order chi connectivity index (χ1) is 9.13. The maximum absolute atomic E-state index is 14.2. The first kappa shape index (κ1) is 14.6. The first-order valence-corrected chi connectivity index (χ1v) is 7.62. The largest absolute Gasteiger partial charge is 0.490 e. The summed E-state index contributed by atoms with van der Waals surface area (Å²) in [5, 5.41) is 0.258. The Labute approximate surface area is 120 Å². The van der Waals surface area contributed by atoms with Gasteiger partial charge in [-0.1, -0.05) is 44.4 Å². The topological polar surface area (TPSA) is 9.23 Å². The van der Waals surface area contributed by atoms with Crippen LogP contribution in [0.15, 0.2) is 12.1 Å². The van der Waals surface area contributed by atoms with Crippen LogP contribution in [0.3, 0.4) is 0 Å². The molecule has 2 rings (SSSR count). The number of rotatable bonds is 4. The van der Waals surface area contributed by atoms with Crippen LogP contribution in [0.5, 0.6) is 5.75 Å². The number of hydrogen-bond acceptors (Lipinski definition) is 1. The molecule has 0 aliphatic heterocycles. The molecular formula is C16H22ClFO. The zero-order chi connectivity index (χ0) is 13.8. The third-order valence-corrected chi connectivity index (χ3v) is 4.38. The van der Waals surface area contributed by atoms with Crippen molar-refractivity contribution in [2.24, 2.45) is 5.92 Å². The van der Waals surface area contributed by atoms with E-state index in [1.165, 1.54) is 12.8 Å². The average Bonchev–Trinajstić information content (AvgIpc) is 2.42. The summed E-state index contributed by atoms with van der Waals surface area (Å²) >= 11 is 6.19. The highest BCUT2D eigenvalue weighted by atomic mass is 35.5. The van der Waals surface area contributed by atoms with E-state index in [1.54, 1.807) is 6.07 Å². The third kappa shape index (κ3) is 3.42. The third-order valence-electron chi connectivity index (χ3n) is 3.99. The quantitative estimate of drug-likeness (QED) is 0.703. The number of halogens is 2. The molecule has 1 nitrogen and oxygen atoms in total. The maximum Gasteiger partial charge on any atom is 0.183 e. The minimum Gasteiger partial charge on any atom is -0.490 e. The van der Waals surface area contributed by atoms with E-state index in [0.717, 1.165) is 30.7 Å². The fraction of sp³-hybridized carbons (Fsp3) is 0.625. The van der Waals surface area contributed by atoms with Crippen molar-refractivity contribution in [3.63, 3.8) is 0 Å². The van der Waals surface area contributed by atoms with Gasteiger partial charge < -0.3 is 4.74 Å². The van der Waals surface area contributed by atoms with Crippen molar-refractivity contribution in [2.75, 3.05) is 6.61 Å². The number of ether oxygens (including phenoxy) is 1. The highest BCUT2D eigenvalue weighted by molar-refractivity contribution is 6.31. The van der Waals surface area contributed by atoms with Crippen LogP contribution >= 0.6 is 11.6 Å². The van der Waals surface area contributed by atoms with E-state index in [-0.39, 0.29) is 10.8 Å². The summed E-state index contributed by atoms with van der Waals surface area (Å²) in [7, 11) is 0. The van der Waals surface area contributed by atoms with Gasteiger partial charge in [-0.3, -0.25) is 0 Å². The van der Waals surface area contributed by atoms with Crippen molar-refractivity contribution >= 4 is 11.6 Å². The van der Waals surface area contributed by atoms with E-state index in [4.69, 9.17) is 16.3 Å². The highest BCUT2D eigenvalue weighted by Gasteiger charge is 2.24. The van der Waals surface area contributed by atoms with Crippen molar-refractivity contribution < 1.29 is 9.13 Å². The molecule has 1 aromatic rings. The Morgan fingerprint density at radius 2 is 1.95 bits per heavy atom. The van der Waals surface area contributed by atoms with E-state index in [2.05, 4.69) is 6.92 Å². The molecule has 0 saturated heterocycles. The Balaban J connectivity index is 2.16. The second-order valence-electron chi connectivity index (χ2n) is 5.59. The molecule has 106 valence electrons. The molecule has 0 radical (unpaired) electrons. The fourth-order valence-electron chi connectivity index (χ4n) is 2.76. The van der Waals surface area contributed by atoms with Crippen LogP contribution in [-0.4, -0.2) is 6.61 Å². The fourth-order valence-corrected chi connectivity index (χ4v) is 3.07. The lowest BCUT2D eigenvalue weighted by atomic mass is 9.79. The monoisotopic (exact) mass is 284 g/mol. The summed E-state index contributed by atoms with van der Waals surface area (Å²) in [5.74, 6) is 1.07. The molecule has 0 N–H and O–H groups in total. The predicted octanol–water partition coefficient (Wildman–Crippen LogP) is 5.56. The molecule has 1 aliphatic carbocycles. The van der Waals surface area contributed by atoms with E-state index in [0.29, 0.717) is 12.5 Å². The highest BCUT2D eigenvalue weighted by Crippen LogP contribution is 2.40. The lowest BCUT2D eigenvalue weighted by molar-refractivity contribution is 0.300. The molecule has 0 heterocycles. The molecule has 0 unspecified atom stereocenters. The van der Waals surface area contributed by atoms with Gasteiger partial charge in [-0.05, 0) is 42.7 Å². The summed E-state index contributed by atoms with van der Waals surface area (Å²) in [6, 6.07) is 3.67. The summed E-state index contributed by atoms with van der Waals surface area (Å²) in [6.07, 6.45) is 5.48. The Bertz CT molecular complexity index is 425. The second-order valence-corrected chi connectivity index (χ2v) is 5.96. The summed E-state index contributed by atoms with van der Waals surface area (Å²) in [4.78, 5) is 0. The van der Waals surface area contributed by atoms with Crippen LogP contribution in [0.25, 0.3) is 0 Å². The summed E-state index contributed by atoms with van der Waals surface area (Å²) in [6.45, 7) is 4.80. The standard InChI is InChI=1S/C16H22ClFO/c1-3-10-19-14-9-8-13(15(17)16(14)18)12-6-4-11(2)5-7-12/h8-9,11-12H,3-7,10H2,1-2H3. The van der Waals surface area contributed by atoms with Crippen LogP contribution in [0.2, 0.25) is 5.02 Å². The van der Waals surface area contributed by atoms with Gasteiger partial charge in [0.25, 0.3) is 0 Å². The summed E-state index contributed by atoms with van der Waals surface area (Å²) < 4.78 is 19.5. The van der Waals surface area contributed by atoms with Crippen molar-refractivity contribution in [3.05, 3.63) is 28.5 Å². The predicted molar refractivity (Wildman–Crippen MR) is 77.6 cm³/mol. The van der Waals surface area contributed by atoms with Gasteiger partial charge in [0.15, 0.2) is 11.6 Å². The average molecular weight is 285 g/mol. The Morgan fingerprint density at radius 1 is 1.26 bits per heavy atom. The van der Waals surface area contributed by atoms with Crippen LogP contribution < -0.4 is 4.74 Å². The second kappa shape index (κ2) is 6.60. The van der Waals surface area contributed by atoms with Gasteiger partial charge in [0.1, 0.15) is 0 Å². The SMILES string of the molecule is CCCOc1ccc(C2CCC(C)CC2)c(Cl)c1F. The van der Waals surface area contributed by atoms with E-state index < -0.39 is 5.82 Å². The normalized spacial score (nSPS) is 23.4. The molecule has 19 heavy (non-hydrogen) atoms. The van der Waals surface area contributed by atoms with Crippen LogP contribution in [0.1, 0.15) is 57.4 Å². The lowest BCUT2D eigenvalue weighted by Gasteiger charge is -2.27. The summed E-state index contributed by atoms with van der Waals surface area (Å²) in [5.41, 5.74) is 0.954. The molecule has 0 atom stereocenters. The van der Waals surface area contributed by atoms with Crippen molar-refractivity contribution in [1.29, 1.82) is 0 Å². The van der Waals surface area contributed by atoms with E-state index in [9.17, 15) is 4.39 Å². The maximum atomic E-state index is 14.2. The molecular weight excluding hydrogens is 263 g/mol. The molecule has 1 saturated carbocycles. The van der Waals surface area contributed by atoms with Crippen molar-refractivity contribution in [1.82, 2.24) is 0 Å². The minimum absolute atomic E-state index is 0.258. The van der Waals surface area contributed by atoms with E-state index >= 15 is 0 Å². The van der Waals surface area contributed by atoms with Gasteiger partial charge in [-0.2, -0.15) is 0 Å². The Kier molecular flexibility index (Phi) is 5.09. The first-order valence-electron chi connectivity index (χ1n) is 7.24. The molecule has 1 fully saturated rings. The Hall–Kier alpha value is -0.760. The van der Waals surface area contributed by atoms with Gasteiger partial charge in [0, 0.05) is 0 Å². The van der Waals surface area contributed by atoms with Gasteiger partial charge in [0.2, 0.25) is 0 Å². The number of hydrogen-bond donors (Lipinski definition) is 0. The number of benzene rings is 1. The van der Waals surface area contributed by atoms with Crippen LogP contribution in [0, 0.1) is 11.7 Å². The zero-order valence-corrected chi connectivity index (χ0v) is 12.5. The van der Waals surface area contributed by atoms with Crippen molar-refractivity contribution in [2.45, 2.75) is 51.9 Å². The molecule has 0 bridgehead atoms. The molecule has 1 aromatic carbocycles.